The molecule has 6 nitrogen and oxygen atoms in total. The Kier molecular flexibility index (Phi) is 7.84. The van der Waals surface area contributed by atoms with E-state index in [1.54, 1.807) is 17.3 Å². The van der Waals surface area contributed by atoms with Gasteiger partial charge in [-0.2, -0.15) is 5.10 Å². The standard InChI is InChI=1S/C23H28N6.HI/c1-18-15-28(13-12-22(18)20-6-4-3-5-7-20)23(24-2)26-14-19-8-10-21(11-9-19)29-17-25-16-27-29;/h3-11,16-18,22H,12-15H2,1-2H3,(H,24,26);1H. The molecule has 1 fully saturated rings. The van der Waals surface area contributed by atoms with E-state index in [1.807, 2.05) is 7.05 Å². The lowest BCUT2D eigenvalue weighted by Crippen LogP contribution is -2.47. The molecule has 0 aliphatic carbocycles. The molecular formula is C23H29IN6. The molecule has 0 saturated carbocycles. The van der Waals surface area contributed by atoms with Crippen LogP contribution in [0.3, 0.4) is 0 Å². The number of aliphatic imine (C=N–C) groups is 1. The first-order chi connectivity index (χ1) is 14.2. The molecule has 1 aliphatic heterocycles. The first kappa shape index (κ1) is 22.3. The van der Waals surface area contributed by atoms with Crippen LogP contribution in [0.25, 0.3) is 5.69 Å². The van der Waals surface area contributed by atoms with E-state index >= 15 is 0 Å². The predicted octanol–water partition coefficient (Wildman–Crippen LogP) is 4.09. The van der Waals surface area contributed by atoms with Gasteiger partial charge in [-0.3, -0.25) is 4.99 Å². The first-order valence-electron chi connectivity index (χ1n) is 10.2. The third-order valence-electron chi connectivity index (χ3n) is 5.71. The van der Waals surface area contributed by atoms with Crippen molar-refractivity contribution in [2.75, 3.05) is 20.1 Å². The monoisotopic (exact) mass is 516 g/mol. The van der Waals surface area contributed by atoms with Gasteiger partial charge in [0.1, 0.15) is 12.7 Å². The molecule has 7 heteroatoms. The van der Waals surface area contributed by atoms with E-state index in [4.69, 9.17) is 0 Å². The average molecular weight is 516 g/mol. The van der Waals surface area contributed by atoms with E-state index in [-0.39, 0.29) is 24.0 Å². The SMILES string of the molecule is CN=C(NCc1ccc(-n2cncn2)cc1)N1CCC(c2ccccc2)C(C)C1.I. The molecule has 30 heavy (non-hydrogen) atoms. The number of nitrogens with zero attached hydrogens (tertiary/aromatic N) is 5. The second-order valence-corrected chi connectivity index (χ2v) is 7.64. The van der Waals surface area contributed by atoms with E-state index in [0.29, 0.717) is 11.8 Å². The number of rotatable bonds is 4. The minimum absolute atomic E-state index is 0. The molecule has 0 spiro atoms. The fraction of sp³-hybridized carbons (Fsp3) is 0.348. The van der Waals surface area contributed by atoms with E-state index in [9.17, 15) is 0 Å². The van der Waals surface area contributed by atoms with Crippen LogP contribution < -0.4 is 5.32 Å². The molecule has 4 rings (SSSR count). The highest BCUT2D eigenvalue weighted by Crippen LogP contribution is 2.32. The Hall–Kier alpha value is -2.42. The van der Waals surface area contributed by atoms with Crippen molar-refractivity contribution in [1.82, 2.24) is 25.0 Å². The Morgan fingerprint density at radius 1 is 1.13 bits per heavy atom. The molecule has 2 unspecified atom stereocenters. The van der Waals surface area contributed by atoms with Crippen molar-refractivity contribution < 1.29 is 0 Å². The van der Waals surface area contributed by atoms with Gasteiger partial charge >= 0.3 is 0 Å². The number of likely N-dealkylation sites (tertiary alicyclic amines) is 1. The quantitative estimate of drug-likeness (QED) is 0.323. The topological polar surface area (TPSA) is 58.3 Å². The second-order valence-electron chi connectivity index (χ2n) is 7.64. The van der Waals surface area contributed by atoms with Gasteiger partial charge in [0.25, 0.3) is 0 Å². The lowest BCUT2D eigenvalue weighted by molar-refractivity contribution is 0.234. The molecule has 1 aliphatic rings. The minimum Gasteiger partial charge on any atom is -0.352 e. The van der Waals surface area contributed by atoms with Gasteiger partial charge in [-0.15, -0.1) is 24.0 Å². The van der Waals surface area contributed by atoms with Crippen molar-refractivity contribution >= 4 is 29.9 Å². The summed E-state index contributed by atoms with van der Waals surface area (Å²) in [4.78, 5) is 10.9. The summed E-state index contributed by atoms with van der Waals surface area (Å²) in [6.07, 6.45) is 4.40. The van der Waals surface area contributed by atoms with Gasteiger partial charge in [0.15, 0.2) is 5.96 Å². The zero-order chi connectivity index (χ0) is 20.1. The summed E-state index contributed by atoms with van der Waals surface area (Å²) < 4.78 is 1.76. The average Bonchev–Trinajstić information content (AvgIpc) is 3.30. The summed E-state index contributed by atoms with van der Waals surface area (Å²) in [6, 6.07) is 19.2. The molecule has 2 heterocycles. The van der Waals surface area contributed by atoms with Gasteiger partial charge in [-0.05, 0) is 41.5 Å². The molecule has 0 radical (unpaired) electrons. The fourth-order valence-electron chi connectivity index (χ4n) is 4.15. The fourth-order valence-corrected chi connectivity index (χ4v) is 4.15. The zero-order valence-corrected chi connectivity index (χ0v) is 19.8. The number of benzene rings is 2. The summed E-state index contributed by atoms with van der Waals surface area (Å²) >= 11 is 0. The first-order valence-corrected chi connectivity index (χ1v) is 10.2. The van der Waals surface area contributed by atoms with Crippen LogP contribution in [0.15, 0.2) is 72.2 Å². The normalized spacial score (nSPS) is 19.3. The summed E-state index contributed by atoms with van der Waals surface area (Å²) in [5.41, 5.74) is 3.67. The van der Waals surface area contributed by atoms with Gasteiger partial charge in [0.2, 0.25) is 0 Å². The number of piperidine rings is 1. The second kappa shape index (κ2) is 10.6. The van der Waals surface area contributed by atoms with Crippen molar-refractivity contribution in [3.05, 3.63) is 78.4 Å². The third kappa shape index (κ3) is 5.19. The minimum atomic E-state index is 0. The van der Waals surface area contributed by atoms with Crippen LogP contribution in [0.5, 0.6) is 0 Å². The Bertz CT molecular complexity index is 924. The van der Waals surface area contributed by atoms with Crippen LogP contribution in [0, 0.1) is 5.92 Å². The van der Waals surface area contributed by atoms with Crippen molar-refractivity contribution in [2.45, 2.75) is 25.8 Å². The lowest BCUT2D eigenvalue weighted by Gasteiger charge is -2.39. The van der Waals surface area contributed by atoms with Crippen molar-refractivity contribution in [2.24, 2.45) is 10.9 Å². The molecule has 0 amide bonds. The van der Waals surface area contributed by atoms with Gasteiger partial charge in [0.05, 0.1) is 5.69 Å². The highest BCUT2D eigenvalue weighted by molar-refractivity contribution is 14.0. The summed E-state index contributed by atoms with van der Waals surface area (Å²) in [5, 5.41) is 7.69. The maximum absolute atomic E-state index is 4.53. The van der Waals surface area contributed by atoms with Crippen LogP contribution in [-0.2, 0) is 6.54 Å². The van der Waals surface area contributed by atoms with Crippen LogP contribution in [0.4, 0.5) is 0 Å². The largest absolute Gasteiger partial charge is 0.352 e. The molecule has 3 aromatic rings. The van der Waals surface area contributed by atoms with E-state index in [2.05, 4.69) is 86.8 Å². The molecule has 2 atom stereocenters. The Morgan fingerprint density at radius 3 is 2.53 bits per heavy atom. The highest BCUT2D eigenvalue weighted by atomic mass is 127. The van der Waals surface area contributed by atoms with E-state index < -0.39 is 0 Å². The van der Waals surface area contributed by atoms with Gasteiger partial charge < -0.3 is 10.2 Å². The molecule has 1 N–H and O–H groups in total. The maximum atomic E-state index is 4.53. The molecule has 2 aromatic carbocycles. The summed E-state index contributed by atoms with van der Waals surface area (Å²) in [6.45, 7) is 5.14. The smallest absolute Gasteiger partial charge is 0.193 e. The lowest BCUT2D eigenvalue weighted by atomic mass is 9.82. The molecule has 0 bridgehead atoms. The Morgan fingerprint density at radius 2 is 1.90 bits per heavy atom. The Labute approximate surface area is 195 Å². The van der Waals surface area contributed by atoms with E-state index in [0.717, 1.165) is 37.7 Å². The molecule has 1 saturated heterocycles. The third-order valence-corrected chi connectivity index (χ3v) is 5.71. The van der Waals surface area contributed by atoms with Crippen LogP contribution in [0.1, 0.15) is 30.4 Å². The van der Waals surface area contributed by atoms with Gasteiger partial charge in [-0.25, -0.2) is 9.67 Å². The number of aromatic nitrogens is 3. The Balaban J connectivity index is 0.00000256. The van der Waals surface area contributed by atoms with Crippen LogP contribution >= 0.6 is 24.0 Å². The number of hydrogen-bond donors (Lipinski definition) is 1. The molecule has 1 aromatic heterocycles. The number of nitrogens with one attached hydrogen (secondary N) is 1. The van der Waals surface area contributed by atoms with Crippen LogP contribution in [0.2, 0.25) is 0 Å². The van der Waals surface area contributed by atoms with Crippen molar-refractivity contribution in [1.29, 1.82) is 0 Å². The van der Waals surface area contributed by atoms with Gasteiger partial charge in [0, 0.05) is 26.7 Å². The number of hydrogen-bond acceptors (Lipinski definition) is 3. The zero-order valence-electron chi connectivity index (χ0n) is 17.5. The van der Waals surface area contributed by atoms with Gasteiger partial charge in [-0.1, -0.05) is 49.4 Å². The van der Waals surface area contributed by atoms with Crippen molar-refractivity contribution in [3.8, 4) is 5.69 Å². The molecular weight excluding hydrogens is 487 g/mol. The van der Waals surface area contributed by atoms with Crippen LogP contribution in [-0.4, -0.2) is 45.8 Å². The molecule has 158 valence electrons. The van der Waals surface area contributed by atoms with E-state index in [1.165, 1.54) is 11.1 Å². The van der Waals surface area contributed by atoms with Crippen molar-refractivity contribution in [3.63, 3.8) is 0 Å². The predicted molar refractivity (Wildman–Crippen MR) is 132 cm³/mol. The summed E-state index contributed by atoms with van der Waals surface area (Å²) in [5.74, 6) is 2.19. The highest BCUT2D eigenvalue weighted by Gasteiger charge is 2.28. The number of guanidine groups is 1. The summed E-state index contributed by atoms with van der Waals surface area (Å²) in [7, 11) is 1.87. The maximum Gasteiger partial charge on any atom is 0.193 e. The number of halogens is 1.